The van der Waals surface area contributed by atoms with Gasteiger partial charge in [0.1, 0.15) is 10.8 Å². The van der Waals surface area contributed by atoms with Crippen molar-refractivity contribution >= 4 is 17.6 Å². The summed E-state index contributed by atoms with van der Waals surface area (Å²) in [4.78, 5) is 6.45. The van der Waals surface area contributed by atoms with Gasteiger partial charge in [-0.25, -0.2) is 9.97 Å². The van der Waals surface area contributed by atoms with Crippen molar-refractivity contribution in [1.29, 1.82) is 0 Å². The second-order valence-corrected chi connectivity index (χ2v) is 3.99. The van der Waals surface area contributed by atoms with Crippen molar-refractivity contribution in [3.63, 3.8) is 0 Å². The zero-order valence-corrected chi connectivity index (χ0v) is 8.98. The SMILES string of the molecule is Nc1cc(SCCCO)nc(C(F)(F)F)n1. The third kappa shape index (κ3) is 3.86. The van der Waals surface area contributed by atoms with Gasteiger partial charge in [0.25, 0.3) is 0 Å². The molecule has 0 spiro atoms. The van der Waals surface area contributed by atoms with E-state index in [1.54, 1.807) is 0 Å². The molecule has 1 aromatic rings. The van der Waals surface area contributed by atoms with Gasteiger partial charge >= 0.3 is 6.18 Å². The molecular weight excluding hydrogens is 243 g/mol. The summed E-state index contributed by atoms with van der Waals surface area (Å²) in [5.41, 5.74) is 5.25. The van der Waals surface area contributed by atoms with Crippen LogP contribution in [0.4, 0.5) is 19.0 Å². The fourth-order valence-electron chi connectivity index (χ4n) is 0.885. The first-order valence-corrected chi connectivity index (χ1v) is 5.37. The van der Waals surface area contributed by atoms with Crippen LogP contribution < -0.4 is 5.73 Å². The molecule has 0 aromatic carbocycles. The van der Waals surface area contributed by atoms with Crippen LogP contribution in [-0.4, -0.2) is 27.4 Å². The highest BCUT2D eigenvalue weighted by atomic mass is 32.2. The van der Waals surface area contributed by atoms with Gasteiger partial charge in [0.15, 0.2) is 0 Å². The van der Waals surface area contributed by atoms with Crippen molar-refractivity contribution in [2.24, 2.45) is 0 Å². The molecule has 0 unspecified atom stereocenters. The number of alkyl halides is 3. The van der Waals surface area contributed by atoms with E-state index in [9.17, 15) is 13.2 Å². The van der Waals surface area contributed by atoms with Crippen LogP contribution in [0.3, 0.4) is 0 Å². The van der Waals surface area contributed by atoms with Crippen LogP contribution in [-0.2, 0) is 6.18 Å². The highest BCUT2D eigenvalue weighted by Crippen LogP contribution is 2.28. The maximum atomic E-state index is 12.3. The third-order valence-corrected chi connectivity index (χ3v) is 2.53. The van der Waals surface area contributed by atoms with E-state index in [0.29, 0.717) is 12.2 Å². The summed E-state index contributed by atoms with van der Waals surface area (Å²) in [6.45, 7) is -0.0142. The maximum Gasteiger partial charge on any atom is 0.451 e. The van der Waals surface area contributed by atoms with Gasteiger partial charge in [-0.1, -0.05) is 0 Å². The van der Waals surface area contributed by atoms with Gasteiger partial charge < -0.3 is 10.8 Å². The number of nitrogens with zero attached hydrogens (tertiary/aromatic N) is 2. The zero-order chi connectivity index (χ0) is 12.2. The molecule has 0 saturated heterocycles. The Morgan fingerprint density at radius 2 is 2.06 bits per heavy atom. The van der Waals surface area contributed by atoms with Crippen LogP contribution >= 0.6 is 11.8 Å². The molecule has 0 aliphatic carbocycles. The number of thioether (sulfide) groups is 1. The normalized spacial score (nSPS) is 11.8. The number of aliphatic hydroxyl groups excluding tert-OH is 1. The number of hydrogen-bond donors (Lipinski definition) is 2. The van der Waals surface area contributed by atoms with E-state index in [2.05, 4.69) is 9.97 Å². The van der Waals surface area contributed by atoms with E-state index in [-0.39, 0.29) is 17.5 Å². The van der Waals surface area contributed by atoms with Crippen molar-refractivity contribution in [2.45, 2.75) is 17.6 Å². The summed E-state index contributed by atoms with van der Waals surface area (Å²) in [7, 11) is 0. The smallest absolute Gasteiger partial charge is 0.396 e. The molecule has 0 radical (unpaired) electrons. The number of aliphatic hydroxyl groups is 1. The van der Waals surface area contributed by atoms with Crippen LogP contribution in [0.15, 0.2) is 11.1 Å². The maximum absolute atomic E-state index is 12.3. The lowest BCUT2D eigenvalue weighted by atomic mass is 10.5. The molecule has 1 rings (SSSR count). The molecule has 3 N–H and O–H groups in total. The Labute approximate surface area is 94.1 Å². The first-order chi connectivity index (χ1) is 7.43. The van der Waals surface area contributed by atoms with Gasteiger partial charge in [0.05, 0.1) is 0 Å². The highest BCUT2D eigenvalue weighted by Gasteiger charge is 2.35. The van der Waals surface area contributed by atoms with E-state index < -0.39 is 12.0 Å². The largest absolute Gasteiger partial charge is 0.451 e. The van der Waals surface area contributed by atoms with Gasteiger partial charge in [0, 0.05) is 18.4 Å². The molecule has 1 heterocycles. The third-order valence-electron chi connectivity index (χ3n) is 1.53. The fourth-order valence-corrected chi connectivity index (χ4v) is 1.72. The second kappa shape index (κ2) is 5.35. The lowest BCUT2D eigenvalue weighted by molar-refractivity contribution is -0.145. The molecule has 0 saturated carbocycles. The van der Waals surface area contributed by atoms with Crippen molar-refractivity contribution in [3.05, 3.63) is 11.9 Å². The van der Waals surface area contributed by atoms with Crippen LogP contribution in [0.2, 0.25) is 0 Å². The zero-order valence-electron chi connectivity index (χ0n) is 8.16. The summed E-state index contributed by atoms with van der Waals surface area (Å²) in [5.74, 6) is -0.975. The molecule has 0 aliphatic rings. The summed E-state index contributed by atoms with van der Waals surface area (Å²) >= 11 is 1.10. The molecular formula is C8H10F3N3OS. The van der Waals surface area contributed by atoms with E-state index in [4.69, 9.17) is 10.8 Å². The quantitative estimate of drug-likeness (QED) is 0.484. The standard InChI is InChI=1S/C8H10F3N3OS/c9-8(10,11)7-13-5(12)4-6(14-7)16-3-1-2-15/h4,15H,1-3H2,(H2,12,13,14). The Kier molecular flexibility index (Phi) is 4.36. The average molecular weight is 253 g/mol. The molecule has 0 bridgehead atoms. The monoisotopic (exact) mass is 253 g/mol. The molecule has 16 heavy (non-hydrogen) atoms. The van der Waals surface area contributed by atoms with E-state index in [1.807, 2.05) is 0 Å². The lowest BCUT2D eigenvalue weighted by Crippen LogP contribution is -2.12. The van der Waals surface area contributed by atoms with Crippen molar-refractivity contribution in [1.82, 2.24) is 9.97 Å². The molecule has 90 valence electrons. The Morgan fingerprint density at radius 1 is 1.38 bits per heavy atom. The average Bonchev–Trinajstić information content (AvgIpc) is 2.16. The van der Waals surface area contributed by atoms with Gasteiger partial charge in [-0.2, -0.15) is 13.2 Å². The molecule has 0 atom stereocenters. The van der Waals surface area contributed by atoms with Crippen LogP contribution in [0.5, 0.6) is 0 Å². The van der Waals surface area contributed by atoms with E-state index >= 15 is 0 Å². The van der Waals surface area contributed by atoms with Gasteiger partial charge in [0.2, 0.25) is 5.82 Å². The molecule has 1 aromatic heterocycles. The number of anilines is 1. The first kappa shape index (κ1) is 13.0. The summed E-state index contributed by atoms with van der Waals surface area (Å²) in [6.07, 6.45) is -4.11. The topological polar surface area (TPSA) is 72.0 Å². The van der Waals surface area contributed by atoms with E-state index in [0.717, 1.165) is 11.8 Å². The van der Waals surface area contributed by atoms with Crippen LogP contribution in [0, 0.1) is 0 Å². The summed E-state index contributed by atoms with van der Waals surface area (Å²) in [6, 6.07) is 1.28. The Morgan fingerprint density at radius 3 is 2.62 bits per heavy atom. The Bertz CT molecular complexity index is 359. The minimum atomic E-state index is -4.60. The first-order valence-electron chi connectivity index (χ1n) is 4.39. The molecule has 0 aliphatic heterocycles. The van der Waals surface area contributed by atoms with Gasteiger partial charge in [-0.05, 0) is 6.42 Å². The Hall–Kier alpha value is -1.02. The number of halogens is 3. The van der Waals surface area contributed by atoms with Gasteiger partial charge in [-0.3, -0.25) is 0 Å². The van der Waals surface area contributed by atoms with Crippen molar-refractivity contribution < 1.29 is 18.3 Å². The van der Waals surface area contributed by atoms with Crippen molar-refractivity contribution in [2.75, 3.05) is 18.1 Å². The van der Waals surface area contributed by atoms with Gasteiger partial charge in [-0.15, -0.1) is 11.8 Å². The number of hydrogen-bond acceptors (Lipinski definition) is 5. The lowest BCUT2D eigenvalue weighted by Gasteiger charge is -2.07. The second-order valence-electron chi connectivity index (χ2n) is 2.88. The fraction of sp³-hybridized carbons (Fsp3) is 0.500. The molecule has 8 heteroatoms. The number of aromatic nitrogens is 2. The molecule has 0 amide bonds. The summed E-state index contributed by atoms with van der Waals surface area (Å²) in [5, 5.41) is 8.69. The Balaban J connectivity index is 2.82. The van der Waals surface area contributed by atoms with Crippen molar-refractivity contribution in [3.8, 4) is 0 Å². The molecule has 0 fully saturated rings. The number of nitrogens with two attached hydrogens (primary N) is 1. The minimum absolute atomic E-state index is 0.0142. The molecule has 4 nitrogen and oxygen atoms in total. The predicted octanol–water partition coefficient (Wildman–Crippen LogP) is 1.55. The number of nitrogen functional groups attached to an aromatic ring is 1. The number of rotatable bonds is 4. The predicted molar refractivity (Wildman–Crippen MR) is 53.9 cm³/mol. The summed E-state index contributed by atoms with van der Waals surface area (Å²) < 4.78 is 36.9. The van der Waals surface area contributed by atoms with Crippen LogP contribution in [0.1, 0.15) is 12.2 Å². The van der Waals surface area contributed by atoms with E-state index in [1.165, 1.54) is 6.07 Å². The minimum Gasteiger partial charge on any atom is -0.396 e. The van der Waals surface area contributed by atoms with Crippen LogP contribution in [0.25, 0.3) is 0 Å². The highest BCUT2D eigenvalue weighted by molar-refractivity contribution is 7.99.